The quantitative estimate of drug-likeness (QED) is 0.773. The van der Waals surface area contributed by atoms with Crippen LogP contribution in [-0.2, 0) is 18.9 Å². The fourth-order valence-corrected chi connectivity index (χ4v) is 2.67. The molecule has 7 heteroatoms. The Balaban J connectivity index is 2.93. The molecule has 96 valence electrons. The maximum atomic E-state index is 11.8. The Morgan fingerprint density at radius 3 is 2.12 bits per heavy atom. The predicted molar refractivity (Wildman–Crippen MR) is 65.3 cm³/mol. The normalized spacial score (nSPS) is 15.2. The highest BCUT2D eigenvalue weighted by Crippen LogP contribution is 2.46. The second-order valence-corrected chi connectivity index (χ2v) is 7.86. The highest BCUT2D eigenvalue weighted by Gasteiger charge is 2.21. The minimum atomic E-state index is -3.23. The summed E-state index contributed by atoms with van der Waals surface area (Å²) in [5.41, 5.74) is 0. The summed E-state index contributed by atoms with van der Waals surface area (Å²) >= 11 is 0. The highest BCUT2D eigenvalue weighted by molar-refractivity contribution is 7.90. The van der Waals surface area contributed by atoms with E-state index in [1.807, 2.05) is 0 Å². The number of rotatable bonds is 5. The molecule has 5 nitrogen and oxygen atoms in total. The van der Waals surface area contributed by atoms with Crippen molar-refractivity contribution in [2.24, 2.45) is 0 Å². The number of hydrogen-bond acceptors (Lipinski definition) is 5. The van der Waals surface area contributed by atoms with Gasteiger partial charge in [-0.1, -0.05) is 6.92 Å². The summed E-state index contributed by atoms with van der Waals surface area (Å²) in [6.45, 7) is 1.69. The first-order chi connectivity index (χ1) is 7.80. The molecule has 0 saturated carbocycles. The maximum absolute atomic E-state index is 11.8. The molecular weight excluding hydrogens is 263 g/mol. The topological polar surface area (TPSA) is 69.7 Å². The Bertz CT molecular complexity index is 512. The second-order valence-electron chi connectivity index (χ2n) is 3.44. The number of sulfone groups is 1. The van der Waals surface area contributed by atoms with Crippen LogP contribution in [0.4, 0.5) is 0 Å². The molecule has 0 radical (unpaired) electrons. The lowest BCUT2D eigenvalue weighted by molar-refractivity contribution is 0.323. The van der Waals surface area contributed by atoms with Crippen molar-refractivity contribution >= 4 is 17.4 Å². The van der Waals surface area contributed by atoms with E-state index in [9.17, 15) is 13.0 Å². The summed E-state index contributed by atoms with van der Waals surface area (Å²) < 4.78 is 44.3. The molecule has 0 bridgehead atoms. The minimum Gasteiger partial charge on any atom is -0.424 e. The molecule has 1 aromatic carbocycles. The molecule has 0 aliphatic rings. The van der Waals surface area contributed by atoms with E-state index in [-0.39, 0.29) is 11.1 Å². The zero-order valence-corrected chi connectivity index (χ0v) is 11.6. The first-order valence-corrected chi connectivity index (χ1v) is 8.57. The Morgan fingerprint density at radius 2 is 1.76 bits per heavy atom. The number of hydrogen-bond donors (Lipinski definition) is 0. The van der Waals surface area contributed by atoms with Crippen LogP contribution >= 0.6 is 7.60 Å². The van der Waals surface area contributed by atoms with Crippen molar-refractivity contribution in [2.75, 3.05) is 19.5 Å². The molecule has 0 saturated heterocycles. The van der Waals surface area contributed by atoms with Gasteiger partial charge in [0.25, 0.3) is 0 Å². The minimum absolute atomic E-state index is 0.189. The predicted octanol–water partition coefficient (Wildman–Crippen LogP) is 2.33. The summed E-state index contributed by atoms with van der Waals surface area (Å²) in [5.74, 6) is 0.324. The van der Waals surface area contributed by atoms with Crippen LogP contribution in [-0.4, -0.2) is 27.9 Å². The zero-order valence-electron chi connectivity index (χ0n) is 9.91. The van der Waals surface area contributed by atoms with Crippen LogP contribution in [0, 0.1) is 0 Å². The van der Waals surface area contributed by atoms with Gasteiger partial charge in [-0.2, -0.15) is 0 Å². The molecule has 0 aliphatic carbocycles. The van der Waals surface area contributed by atoms with Crippen LogP contribution in [0.5, 0.6) is 5.75 Å². The van der Waals surface area contributed by atoms with E-state index < -0.39 is 17.4 Å². The van der Waals surface area contributed by atoms with Gasteiger partial charge in [0.1, 0.15) is 5.75 Å². The van der Waals surface area contributed by atoms with Crippen molar-refractivity contribution in [2.45, 2.75) is 11.8 Å². The molecular formula is C10H15O5PS. The molecule has 1 unspecified atom stereocenters. The van der Waals surface area contributed by atoms with Crippen LogP contribution in [0.15, 0.2) is 29.2 Å². The van der Waals surface area contributed by atoms with Gasteiger partial charge >= 0.3 is 7.60 Å². The molecule has 1 rings (SSSR count). The Hall–Kier alpha value is -0.840. The van der Waals surface area contributed by atoms with E-state index >= 15 is 0 Å². The summed E-state index contributed by atoms with van der Waals surface area (Å²) in [6.07, 6.45) is 1.37. The molecule has 1 aromatic rings. The fourth-order valence-electron chi connectivity index (χ4n) is 1.14. The van der Waals surface area contributed by atoms with E-state index in [1.165, 1.54) is 31.4 Å². The van der Waals surface area contributed by atoms with Gasteiger partial charge in [-0.3, -0.25) is 0 Å². The first-order valence-electron chi connectivity index (χ1n) is 4.95. The monoisotopic (exact) mass is 278 g/mol. The summed E-state index contributed by atoms with van der Waals surface area (Å²) in [6, 6.07) is 5.72. The van der Waals surface area contributed by atoms with E-state index in [4.69, 9.17) is 9.05 Å². The van der Waals surface area contributed by atoms with Crippen molar-refractivity contribution in [3.63, 3.8) is 0 Å². The SMILES string of the molecule is CCP(=O)(OC)Oc1ccc(S(C)(=O)=O)cc1. The lowest BCUT2D eigenvalue weighted by atomic mass is 10.3. The van der Waals surface area contributed by atoms with E-state index in [1.54, 1.807) is 6.92 Å². The van der Waals surface area contributed by atoms with Crippen molar-refractivity contribution in [1.29, 1.82) is 0 Å². The van der Waals surface area contributed by atoms with Crippen molar-refractivity contribution in [3.8, 4) is 5.75 Å². The molecule has 17 heavy (non-hydrogen) atoms. The number of benzene rings is 1. The molecule has 1 atom stereocenters. The summed E-state index contributed by atoms with van der Waals surface area (Å²) in [7, 11) is -5.02. The molecule has 0 heterocycles. The van der Waals surface area contributed by atoms with E-state index in [2.05, 4.69) is 0 Å². The fraction of sp³-hybridized carbons (Fsp3) is 0.400. The standard InChI is InChI=1S/C10H15O5PS/c1-4-16(11,14-2)15-9-5-7-10(8-6-9)17(3,12)13/h5-8H,4H2,1-3H3. The van der Waals surface area contributed by atoms with Gasteiger partial charge in [0.15, 0.2) is 9.84 Å². The van der Waals surface area contributed by atoms with Gasteiger partial charge in [-0.05, 0) is 24.3 Å². The molecule has 0 fully saturated rings. The van der Waals surface area contributed by atoms with Crippen molar-refractivity contribution < 1.29 is 22.0 Å². The second kappa shape index (κ2) is 5.21. The van der Waals surface area contributed by atoms with Gasteiger partial charge in [-0.25, -0.2) is 13.0 Å². The van der Waals surface area contributed by atoms with Gasteiger partial charge < -0.3 is 9.05 Å². The summed E-state index contributed by atoms with van der Waals surface area (Å²) in [5, 5.41) is 0. The average molecular weight is 278 g/mol. The Labute approximate surface area is 101 Å². The average Bonchev–Trinajstić information content (AvgIpc) is 2.28. The molecule has 0 N–H and O–H groups in total. The van der Waals surface area contributed by atoms with E-state index in [0.29, 0.717) is 5.75 Å². The van der Waals surface area contributed by atoms with Crippen LogP contribution in [0.25, 0.3) is 0 Å². The van der Waals surface area contributed by atoms with Crippen LogP contribution in [0.1, 0.15) is 6.92 Å². The molecule has 0 amide bonds. The first kappa shape index (κ1) is 14.2. The smallest absolute Gasteiger partial charge is 0.378 e. The van der Waals surface area contributed by atoms with Gasteiger partial charge in [0.05, 0.1) is 11.1 Å². The lowest BCUT2D eigenvalue weighted by Gasteiger charge is -2.15. The van der Waals surface area contributed by atoms with E-state index in [0.717, 1.165) is 6.26 Å². The van der Waals surface area contributed by atoms with Gasteiger partial charge in [0, 0.05) is 13.4 Å². The zero-order chi connectivity index (χ0) is 13.1. The largest absolute Gasteiger partial charge is 0.424 e. The van der Waals surface area contributed by atoms with Gasteiger partial charge in [0.2, 0.25) is 0 Å². The third-order valence-corrected chi connectivity index (χ3v) is 5.11. The van der Waals surface area contributed by atoms with Crippen molar-refractivity contribution in [3.05, 3.63) is 24.3 Å². The van der Waals surface area contributed by atoms with Crippen LogP contribution < -0.4 is 4.52 Å². The molecule has 0 aliphatic heterocycles. The third kappa shape index (κ3) is 3.84. The van der Waals surface area contributed by atoms with Crippen LogP contribution in [0.3, 0.4) is 0 Å². The van der Waals surface area contributed by atoms with Crippen molar-refractivity contribution in [1.82, 2.24) is 0 Å². The highest BCUT2D eigenvalue weighted by atomic mass is 32.2. The molecule has 0 aromatic heterocycles. The Morgan fingerprint density at radius 1 is 1.24 bits per heavy atom. The van der Waals surface area contributed by atoms with Gasteiger partial charge in [-0.15, -0.1) is 0 Å². The third-order valence-electron chi connectivity index (χ3n) is 2.16. The lowest BCUT2D eigenvalue weighted by Crippen LogP contribution is -1.99. The van der Waals surface area contributed by atoms with Crippen LogP contribution in [0.2, 0.25) is 0 Å². The summed E-state index contributed by atoms with van der Waals surface area (Å²) in [4.78, 5) is 0.189. The maximum Gasteiger partial charge on any atom is 0.378 e. The Kier molecular flexibility index (Phi) is 4.36. The molecule has 0 spiro atoms.